The molecule has 0 bridgehead atoms. The Morgan fingerprint density at radius 3 is 2.47 bits per heavy atom. The summed E-state index contributed by atoms with van der Waals surface area (Å²) in [5.74, 6) is -1.42. The fraction of sp³-hybridized carbons (Fsp3) is 0.667. The molecule has 0 saturated heterocycles. The van der Waals surface area contributed by atoms with E-state index in [1.165, 1.54) is 0 Å². The van der Waals surface area contributed by atoms with Crippen molar-refractivity contribution in [1.29, 1.82) is 0 Å². The van der Waals surface area contributed by atoms with Gasteiger partial charge in [0.25, 0.3) is 0 Å². The quantitative estimate of drug-likeness (QED) is 0.188. The summed E-state index contributed by atoms with van der Waals surface area (Å²) >= 11 is 0. The maximum atomic E-state index is 11.1. The van der Waals surface area contributed by atoms with Crippen LogP contribution in [0.15, 0.2) is 4.99 Å². The van der Waals surface area contributed by atoms with Gasteiger partial charge in [0.15, 0.2) is 5.96 Å². The van der Waals surface area contributed by atoms with E-state index in [-0.39, 0.29) is 18.4 Å². The van der Waals surface area contributed by atoms with Crippen molar-refractivity contribution >= 4 is 17.8 Å². The zero-order valence-corrected chi connectivity index (χ0v) is 9.56. The van der Waals surface area contributed by atoms with Crippen LogP contribution in [0.3, 0.4) is 0 Å². The number of carboxylic acid groups (broad SMARTS) is 1. The summed E-state index contributed by atoms with van der Waals surface area (Å²) in [5, 5.41) is 11.1. The van der Waals surface area contributed by atoms with Crippen molar-refractivity contribution in [2.24, 2.45) is 22.2 Å². The number of aliphatic carboxylic acids is 1. The van der Waals surface area contributed by atoms with Crippen LogP contribution in [-0.2, 0) is 9.59 Å². The van der Waals surface area contributed by atoms with Crippen molar-refractivity contribution in [2.75, 3.05) is 13.1 Å². The molecular weight excluding hydrogens is 226 g/mol. The fourth-order valence-corrected chi connectivity index (χ4v) is 1.06. The monoisotopic (exact) mass is 245 g/mol. The molecule has 0 heterocycles. The Morgan fingerprint density at radius 1 is 1.29 bits per heavy atom. The van der Waals surface area contributed by atoms with E-state index in [2.05, 4.69) is 10.3 Å². The van der Waals surface area contributed by atoms with Crippen molar-refractivity contribution < 1.29 is 14.7 Å². The molecular formula is C9H19N5O3. The maximum absolute atomic E-state index is 11.1. The minimum Gasteiger partial charge on any atom is -0.480 e. The van der Waals surface area contributed by atoms with Crippen molar-refractivity contribution in [3.05, 3.63) is 0 Å². The minimum absolute atomic E-state index is 0.100. The number of unbranched alkanes of at least 4 members (excludes halogenated alkanes) is 1. The first kappa shape index (κ1) is 15.2. The molecule has 0 aromatic heterocycles. The predicted octanol–water partition coefficient (Wildman–Crippen LogP) is -2.04. The molecule has 0 rings (SSSR count). The van der Waals surface area contributed by atoms with Gasteiger partial charge in [0.05, 0.1) is 0 Å². The van der Waals surface area contributed by atoms with Crippen LogP contribution in [0.25, 0.3) is 0 Å². The SMILES string of the molecule is NC(N)=NCC(=O)NCCCCC(N)C(=O)O. The highest BCUT2D eigenvalue weighted by molar-refractivity contribution is 5.83. The largest absolute Gasteiger partial charge is 0.480 e. The maximum Gasteiger partial charge on any atom is 0.320 e. The normalized spacial score (nSPS) is 11.6. The number of amides is 1. The van der Waals surface area contributed by atoms with Gasteiger partial charge in [0.2, 0.25) is 5.91 Å². The predicted molar refractivity (Wildman–Crippen MR) is 63.1 cm³/mol. The number of carbonyl (C=O) groups is 2. The summed E-state index contributed by atoms with van der Waals surface area (Å²) in [6.45, 7) is 0.349. The number of guanidine groups is 1. The van der Waals surface area contributed by atoms with Gasteiger partial charge < -0.3 is 27.6 Å². The van der Waals surface area contributed by atoms with E-state index in [9.17, 15) is 9.59 Å². The van der Waals surface area contributed by atoms with Crippen LogP contribution in [0.5, 0.6) is 0 Å². The highest BCUT2D eigenvalue weighted by Crippen LogP contribution is 1.98. The second-order valence-corrected chi connectivity index (χ2v) is 3.53. The van der Waals surface area contributed by atoms with Gasteiger partial charge in [-0.15, -0.1) is 0 Å². The Morgan fingerprint density at radius 2 is 1.94 bits per heavy atom. The summed E-state index contributed by atoms with van der Waals surface area (Å²) in [4.78, 5) is 25.0. The van der Waals surface area contributed by atoms with Crippen LogP contribution in [0, 0.1) is 0 Å². The van der Waals surface area contributed by atoms with Gasteiger partial charge in [-0.05, 0) is 19.3 Å². The third-order valence-electron chi connectivity index (χ3n) is 1.99. The molecule has 0 aliphatic heterocycles. The van der Waals surface area contributed by atoms with E-state index in [4.69, 9.17) is 22.3 Å². The molecule has 0 aromatic rings. The van der Waals surface area contributed by atoms with Crippen molar-refractivity contribution in [1.82, 2.24) is 5.32 Å². The Labute approximate surface area is 99.2 Å². The topological polar surface area (TPSA) is 157 Å². The molecule has 0 aliphatic carbocycles. The van der Waals surface area contributed by atoms with Gasteiger partial charge in [-0.2, -0.15) is 0 Å². The van der Waals surface area contributed by atoms with Crippen molar-refractivity contribution in [3.8, 4) is 0 Å². The number of nitrogens with two attached hydrogens (primary N) is 3. The number of aliphatic imine (C=N–C) groups is 1. The number of hydrogen-bond acceptors (Lipinski definition) is 4. The lowest BCUT2D eigenvalue weighted by Crippen LogP contribution is -2.31. The van der Waals surface area contributed by atoms with E-state index in [1.54, 1.807) is 0 Å². The van der Waals surface area contributed by atoms with Crippen LogP contribution < -0.4 is 22.5 Å². The van der Waals surface area contributed by atoms with Gasteiger partial charge in [-0.25, -0.2) is 4.99 Å². The van der Waals surface area contributed by atoms with E-state index in [0.717, 1.165) is 0 Å². The van der Waals surface area contributed by atoms with E-state index < -0.39 is 12.0 Å². The van der Waals surface area contributed by atoms with Gasteiger partial charge in [0.1, 0.15) is 12.6 Å². The van der Waals surface area contributed by atoms with Crippen LogP contribution in [-0.4, -0.2) is 42.1 Å². The molecule has 1 amide bonds. The molecule has 8 heteroatoms. The summed E-state index contributed by atoms with van der Waals surface area (Å²) < 4.78 is 0. The summed E-state index contributed by atoms with van der Waals surface area (Å²) in [6, 6.07) is -0.840. The lowest BCUT2D eigenvalue weighted by Gasteiger charge is -2.06. The highest BCUT2D eigenvalue weighted by atomic mass is 16.4. The first-order valence-corrected chi connectivity index (χ1v) is 5.24. The molecule has 1 atom stereocenters. The number of carboxylic acids is 1. The lowest BCUT2D eigenvalue weighted by atomic mass is 10.1. The molecule has 0 radical (unpaired) electrons. The van der Waals surface area contributed by atoms with Gasteiger partial charge >= 0.3 is 5.97 Å². The Hall–Kier alpha value is -1.83. The lowest BCUT2D eigenvalue weighted by molar-refractivity contribution is -0.138. The average molecular weight is 245 g/mol. The number of nitrogens with zero attached hydrogens (tertiary/aromatic N) is 1. The summed E-state index contributed by atoms with van der Waals surface area (Å²) in [7, 11) is 0. The molecule has 0 saturated carbocycles. The molecule has 8 nitrogen and oxygen atoms in total. The van der Waals surface area contributed by atoms with Crippen LogP contribution in [0.4, 0.5) is 0 Å². The third kappa shape index (κ3) is 9.12. The molecule has 1 unspecified atom stereocenters. The Balaban J connectivity index is 3.49. The second-order valence-electron chi connectivity index (χ2n) is 3.53. The van der Waals surface area contributed by atoms with Gasteiger partial charge in [-0.1, -0.05) is 0 Å². The first-order chi connectivity index (χ1) is 7.93. The van der Waals surface area contributed by atoms with Crippen LogP contribution >= 0.6 is 0 Å². The zero-order valence-electron chi connectivity index (χ0n) is 9.56. The van der Waals surface area contributed by atoms with Gasteiger partial charge in [0, 0.05) is 6.54 Å². The molecule has 8 N–H and O–H groups in total. The number of carbonyl (C=O) groups excluding carboxylic acids is 1. The molecule has 0 aliphatic rings. The van der Waals surface area contributed by atoms with E-state index >= 15 is 0 Å². The minimum atomic E-state index is -1.01. The average Bonchev–Trinajstić information content (AvgIpc) is 2.25. The number of rotatable bonds is 8. The summed E-state index contributed by atoms with van der Waals surface area (Å²) in [6.07, 6.45) is 1.68. The third-order valence-corrected chi connectivity index (χ3v) is 1.99. The highest BCUT2D eigenvalue weighted by Gasteiger charge is 2.09. The van der Waals surface area contributed by atoms with Crippen LogP contribution in [0.2, 0.25) is 0 Å². The zero-order chi connectivity index (χ0) is 13.3. The van der Waals surface area contributed by atoms with Crippen LogP contribution in [0.1, 0.15) is 19.3 Å². The molecule has 0 fully saturated rings. The van der Waals surface area contributed by atoms with Gasteiger partial charge in [-0.3, -0.25) is 9.59 Å². The van der Waals surface area contributed by atoms with Crippen molar-refractivity contribution in [3.63, 3.8) is 0 Å². The molecule has 17 heavy (non-hydrogen) atoms. The smallest absolute Gasteiger partial charge is 0.320 e. The van der Waals surface area contributed by atoms with E-state index in [0.29, 0.717) is 25.8 Å². The first-order valence-electron chi connectivity index (χ1n) is 5.24. The Bertz CT molecular complexity index is 288. The molecule has 98 valence electrons. The Kier molecular flexibility index (Phi) is 7.44. The standard InChI is InChI=1S/C9H19N5O3/c10-6(8(16)17)3-1-2-4-13-7(15)5-14-9(11)12/h6H,1-5,10H2,(H,13,15)(H,16,17)(H4,11,12,14). The fourth-order valence-electron chi connectivity index (χ4n) is 1.06. The molecule has 0 aromatic carbocycles. The second kappa shape index (κ2) is 8.34. The molecule has 0 spiro atoms. The summed E-state index contributed by atoms with van der Waals surface area (Å²) in [5.41, 5.74) is 15.4. The number of hydrogen-bond donors (Lipinski definition) is 5. The van der Waals surface area contributed by atoms with Crippen molar-refractivity contribution in [2.45, 2.75) is 25.3 Å². The number of nitrogens with one attached hydrogen (secondary N) is 1. The van der Waals surface area contributed by atoms with E-state index in [1.807, 2.05) is 0 Å².